The number of methoxy groups -OCH3 is 1. The van der Waals surface area contributed by atoms with E-state index in [0.717, 1.165) is 27.9 Å². The fourth-order valence-corrected chi connectivity index (χ4v) is 3.52. The third-order valence-electron chi connectivity index (χ3n) is 5.23. The van der Waals surface area contributed by atoms with Crippen molar-refractivity contribution in [3.05, 3.63) is 113 Å². The Kier molecular flexibility index (Phi) is 7.17. The fourth-order valence-electron chi connectivity index (χ4n) is 3.52. The molecule has 1 heterocycles. The molecule has 6 heteroatoms. The molecule has 4 aromatic rings. The molecule has 0 fully saturated rings. The summed E-state index contributed by atoms with van der Waals surface area (Å²) in [5, 5.41) is 7.38. The van der Waals surface area contributed by atoms with Crippen molar-refractivity contribution in [1.29, 1.82) is 0 Å². The van der Waals surface area contributed by atoms with Gasteiger partial charge in [-0.1, -0.05) is 60.7 Å². The van der Waals surface area contributed by atoms with Gasteiger partial charge in [0.05, 0.1) is 20.3 Å². The molecule has 1 aromatic heterocycles. The second kappa shape index (κ2) is 10.6. The number of aromatic nitrogens is 2. The summed E-state index contributed by atoms with van der Waals surface area (Å²) in [6, 6.07) is 25.6. The van der Waals surface area contributed by atoms with Crippen LogP contribution in [0.15, 0.2) is 85.1 Å². The lowest BCUT2D eigenvalue weighted by atomic mass is 10.1. The van der Waals surface area contributed by atoms with Gasteiger partial charge in [0.15, 0.2) is 5.69 Å². The predicted octanol–water partition coefficient (Wildman–Crippen LogP) is 4.84. The molecule has 0 aliphatic heterocycles. The maximum atomic E-state index is 12.7. The molecule has 168 valence electrons. The number of rotatable bonds is 9. The Morgan fingerprint density at radius 1 is 0.909 bits per heavy atom. The van der Waals surface area contributed by atoms with Crippen molar-refractivity contribution in [2.45, 2.75) is 26.7 Å². The lowest BCUT2D eigenvalue weighted by Crippen LogP contribution is -2.23. The van der Waals surface area contributed by atoms with Gasteiger partial charge in [0.25, 0.3) is 5.91 Å². The molecule has 6 nitrogen and oxygen atoms in total. The van der Waals surface area contributed by atoms with Crippen molar-refractivity contribution in [3.8, 4) is 11.4 Å². The van der Waals surface area contributed by atoms with Gasteiger partial charge in [0.2, 0.25) is 0 Å². The number of benzene rings is 3. The van der Waals surface area contributed by atoms with Crippen LogP contribution in [-0.2, 0) is 24.5 Å². The van der Waals surface area contributed by atoms with E-state index in [9.17, 15) is 4.79 Å². The van der Waals surface area contributed by atoms with Crippen molar-refractivity contribution in [3.63, 3.8) is 0 Å². The van der Waals surface area contributed by atoms with Gasteiger partial charge in [-0.3, -0.25) is 4.79 Å². The smallest absolute Gasteiger partial charge is 0.272 e. The third-order valence-corrected chi connectivity index (χ3v) is 5.23. The van der Waals surface area contributed by atoms with Crippen LogP contribution in [0.25, 0.3) is 5.69 Å². The Hall–Kier alpha value is -3.90. The molecule has 0 saturated carbocycles. The van der Waals surface area contributed by atoms with Crippen molar-refractivity contribution < 1.29 is 14.3 Å². The number of ether oxygens (including phenoxy) is 2. The van der Waals surface area contributed by atoms with Gasteiger partial charge in [0.1, 0.15) is 11.4 Å². The zero-order chi connectivity index (χ0) is 23.0. The van der Waals surface area contributed by atoms with E-state index in [1.165, 1.54) is 0 Å². The number of amides is 1. The van der Waals surface area contributed by atoms with E-state index in [2.05, 4.69) is 10.4 Å². The minimum Gasteiger partial charge on any atom is -0.494 e. The number of nitrogens with one attached hydrogen (secondary N) is 1. The standard InChI is InChI=1S/C27H27N3O3/c1-20-11-12-26(32-2)25(15-20)30-14-13-24(29-30)27(31)28-17-22-9-6-10-23(16-22)19-33-18-21-7-4-3-5-8-21/h3-16H,17-19H2,1-2H3,(H,28,31). The molecule has 0 radical (unpaired) electrons. The molecular formula is C27H27N3O3. The molecule has 1 amide bonds. The lowest BCUT2D eigenvalue weighted by molar-refractivity contribution is 0.0945. The lowest BCUT2D eigenvalue weighted by Gasteiger charge is -2.09. The Bertz CT molecular complexity index is 1220. The van der Waals surface area contributed by atoms with E-state index in [0.29, 0.717) is 31.2 Å². The summed E-state index contributed by atoms with van der Waals surface area (Å²) in [4.78, 5) is 12.7. The summed E-state index contributed by atoms with van der Waals surface area (Å²) >= 11 is 0. The van der Waals surface area contributed by atoms with Gasteiger partial charge in [-0.2, -0.15) is 5.10 Å². The quantitative estimate of drug-likeness (QED) is 0.404. The first-order valence-corrected chi connectivity index (χ1v) is 10.8. The Balaban J connectivity index is 1.34. The van der Waals surface area contributed by atoms with E-state index in [1.54, 1.807) is 24.1 Å². The molecule has 1 N–H and O–H groups in total. The number of hydrogen-bond donors (Lipinski definition) is 1. The van der Waals surface area contributed by atoms with E-state index >= 15 is 0 Å². The fraction of sp³-hybridized carbons (Fsp3) is 0.185. The van der Waals surface area contributed by atoms with Gasteiger partial charge < -0.3 is 14.8 Å². The summed E-state index contributed by atoms with van der Waals surface area (Å²) < 4.78 is 12.9. The first-order valence-electron chi connectivity index (χ1n) is 10.8. The molecule has 0 spiro atoms. The maximum absolute atomic E-state index is 12.7. The SMILES string of the molecule is COc1ccc(C)cc1-n1ccc(C(=O)NCc2cccc(COCc3ccccc3)c2)n1. The van der Waals surface area contributed by atoms with Crippen LogP contribution in [-0.4, -0.2) is 22.8 Å². The molecular weight excluding hydrogens is 414 g/mol. The van der Waals surface area contributed by atoms with Gasteiger partial charge >= 0.3 is 0 Å². The van der Waals surface area contributed by atoms with Crippen LogP contribution >= 0.6 is 0 Å². The second-order valence-corrected chi connectivity index (χ2v) is 7.80. The second-order valence-electron chi connectivity index (χ2n) is 7.80. The van der Waals surface area contributed by atoms with Gasteiger partial charge in [-0.05, 0) is 47.4 Å². The normalized spacial score (nSPS) is 10.7. The first-order chi connectivity index (χ1) is 16.1. The molecule has 0 bridgehead atoms. The maximum Gasteiger partial charge on any atom is 0.272 e. The van der Waals surface area contributed by atoms with Crippen molar-refractivity contribution >= 4 is 5.91 Å². The van der Waals surface area contributed by atoms with E-state index < -0.39 is 0 Å². The van der Waals surface area contributed by atoms with Crippen molar-refractivity contribution in [1.82, 2.24) is 15.1 Å². The highest BCUT2D eigenvalue weighted by Crippen LogP contribution is 2.23. The average molecular weight is 442 g/mol. The highest BCUT2D eigenvalue weighted by atomic mass is 16.5. The zero-order valence-electron chi connectivity index (χ0n) is 18.8. The van der Waals surface area contributed by atoms with E-state index in [1.807, 2.05) is 79.7 Å². The van der Waals surface area contributed by atoms with Crippen LogP contribution < -0.4 is 10.1 Å². The summed E-state index contributed by atoms with van der Waals surface area (Å²) in [6.45, 7) is 3.49. The predicted molar refractivity (Wildman–Crippen MR) is 127 cm³/mol. The summed E-state index contributed by atoms with van der Waals surface area (Å²) in [6.07, 6.45) is 1.76. The topological polar surface area (TPSA) is 65.4 Å². The highest BCUT2D eigenvalue weighted by molar-refractivity contribution is 5.92. The Morgan fingerprint density at radius 2 is 1.67 bits per heavy atom. The van der Waals surface area contributed by atoms with Gasteiger partial charge in [0, 0.05) is 12.7 Å². The van der Waals surface area contributed by atoms with Crippen LogP contribution in [0, 0.1) is 6.92 Å². The van der Waals surface area contributed by atoms with Crippen LogP contribution in [0.4, 0.5) is 0 Å². The van der Waals surface area contributed by atoms with Crippen LogP contribution in [0.2, 0.25) is 0 Å². The highest BCUT2D eigenvalue weighted by Gasteiger charge is 2.12. The average Bonchev–Trinajstić information content (AvgIpc) is 3.34. The summed E-state index contributed by atoms with van der Waals surface area (Å²) in [5.74, 6) is 0.466. The number of carbonyl (C=O) groups excluding carboxylic acids is 1. The molecule has 0 aliphatic rings. The molecule has 0 saturated heterocycles. The Morgan fingerprint density at radius 3 is 2.48 bits per heavy atom. The molecule has 3 aromatic carbocycles. The van der Waals surface area contributed by atoms with Crippen LogP contribution in [0.3, 0.4) is 0 Å². The molecule has 0 atom stereocenters. The third kappa shape index (κ3) is 5.87. The van der Waals surface area contributed by atoms with E-state index in [4.69, 9.17) is 9.47 Å². The zero-order valence-corrected chi connectivity index (χ0v) is 18.8. The van der Waals surface area contributed by atoms with Crippen molar-refractivity contribution in [2.75, 3.05) is 7.11 Å². The van der Waals surface area contributed by atoms with Crippen LogP contribution in [0.1, 0.15) is 32.7 Å². The van der Waals surface area contributed by atoms with Crippen LogP contribution in [0.5, 0.6) is 5.75 Å². The van der Waals surface area contributed by atoms with Gasteiger partial charge in [-0.15, -0.1) is 0 Å². The number of hydrogen-bond acceptors (Lipinski definition) is 4. The minimum atomic E-state index is -0.230. The van der Waals surface area contributed by atoms with Gasteiger partial charge in [-0.25, -0.2) is 4.68 Å². The molecule has 4 rings (SSSR count). The number of nitrogens with zero attached hydrogens (tertiary/aromatic N) is 2. The molecule has 0 aliphatic carbocycles. The number of carbonyl (C=O) groups is 1. The molecule has 0 unspecified atom stereocenters. The van der Waals surface area contributed by atoms with E-state index in [-0.39, 0.29) is 5.91 Å². The largest absolute Gasteiger partial charge is 0.494 e. The minimum absolute atomic E-state index is 0.230. The molecule has 33 heavy (non-hydrogen) atoms. The monoisotopic (exact) mass is 441 g/mol. The van der Waals surface area contributed by atoms with Crippen molar-refractivity contribution in [2.24, 2.45) is 0 Å². The first kappa shape index (κ1) is 22.3. The summed E-state index contributed by atoms with van der Waals surface area (Å²) in [7, 11) is 1.62. The Labute approximate surface area is 193 Å². The summed E-state index contributed by atoms with van der Waals surface area (Å²) in [5.41, 5.74) is 5.43. The number of aryl methyl sites for hydroxylation is 1.